The van der Waals surface area contributed by atoms with Crippen molar-refractivity contribution in [3.05, 3.63) is 66.1 Å². The zero-order valence-corrected chi connectivity index (χ0v) is 17.8. The molecule has 2 aromatic heterocycles. The van der Waals surface area contributed by atoms with Gasteiger partial charge in [0.1, 0.15) is 0 Å². The largest absolute Gasteiger partial charge is 0.337 e. The fourth-order valence-corrected chi connectivity index (χ4v) is 6.35. The predicted octanol–water partition coefficient (Wildman–Crippen LogP) is 3.29. The van der Waals surface area contributed by atoms with Gasteiger partial charge in [-0.15, -0.1) is 0 Å². The monoisotopic (exact) mass is 415 g/mol. The van der Waals surface area contributed by atoms with Gasteiger partial charge in [-0.05, 0) is 61.8 Å². The first-order valence-corrected chi connectivity index (χ1v) is 11.7. The van der Waals surface area contributed by atoms with Gasteiger partial charge in [-0.25, -0.2) is 9.50 Å². The molecule has 6 nitrogen and oxygen atoms in total. The van der Waals surface area contributed by atoms with Crippen LogP contribution in [0, 0.1) is 11.8 Å². The first kappa shape index (κ1) is 19.0. The van der Waals surface area contributed by atoms with Gasteiger partial charge in [0.25, 0.3) is 5.91 Å². The van der Waals surface area contributed by atoms with Crippen LogP contribution in [0.4, 0.5) is 0 Å². The summed E-state index contributed by atoms with van der Waals surface area (Å²) in [6.07, 6.45) is 9.60. The van der Waals surface area contributed by atoms with E-state index in [0.717, 1.165) is 25.2 Å². The van der Waals surface area contributed by atoms with Gasteiger partial charge in [-0.1, -0.05) is 36.8 Å². The number of imidazole rings is 1. The van der Waals surface area contributed by atoms with Crippen LogP contribution in [0.5, 0.6) is 0 Å². The molecule has 4 atom stereocenters. The molecule has 5 heterocycles. The van der Waals surface area contributed by atoms with Crippen LogP contribution in [0.3, 0.4) is 0 Å². The minimum atomic E-state index is 0.0728. The number of hydrogen-bond acceptors (Lipinski definition) is 4. The Morgan fingerprint density at radius 2 is 1.90 bits per heavy atom. The lowest BCUT2D eigenvalue weighted by molar-refractivity contribution is -0.0643. The van der Waals surface area contributed by atoms with Crippen LogP contribution in [0.1, 0.15) is 41.7 Å². The van der Waals surface area contributed by atoms with Crippen LogP contribution in [0.25, 0.3) is 5.65 Å². The normalized spacial score (nSPS) is 28.5. The van der Waals surface area contributed by atoms with E-state index >= 15 is 0 Å². The smallest absolute Gasteiger partial charge is 0.274 e. The van der Waals surface area contributed by atoms with Gasteiger partial charge < -0.3 is 4.90 Å². The van der Waals surface area contributed by atoms with E-state index in [9.17, 15) is 4.79 Å². The van der Waals surface area contributed by atoms with Crippen molar-refractivity contribution in [3.63, 3.8) is 0 Å². The summed E-state index contributed by atoms with van der Waals surface area (Å²) in [4.78, 5) is 22.8. The Balaban J connectivity index is 1.30. The van der Waals surface area contributed by atoms with Gasteiger partial charge >= 0.3 is 0 Å². The number of likely N-dealkylation sites (tertiary alicyclic amines) is 1. The lowest BCUT2D eigenvalue weighted by Crippen LogP contribution is -2.64. The third-order valence-corrected chi connectivity index (χ3v) is 7.69. The van der Waals surface area contributed by atoms with E-state index in [0.29, 0.717) is 29.6 Å². The Bertz CT molecular complexity index is 1080. The zero-order chi connectivity index (χ0) is 20.8. The van der Waals surface area contributed by atoms with E-state index < -0.39 is 0 Å². The molecule has 3 aromatic rings. The number of amides is 1. The highest BCUT2D eigenvalue weighted by Gasteiger charge is 2.48. The molecule has 6 rings (SSSR count). The van der Waals surface area contributed by atoms with E-state index in [4.69, 9.17) is 0 Å². The van der Waals surface area contributed by atoms with Crippen LogP contribution < -0.4 is 0 Å². The van der Waals surface area contributed by atoms with Crippen molar-refractivity contribution < 1.29 is 4.79 Å². The van der Waals surface area contributed by atoms with E-state index in [2.05, 4.69) is 50.2 Å². The third-order valence-electron chi connectivity index (χ3n) is 7.69. The minimum absolute atomic E-state index is 0.0728. The second-order valence-electron chi connectivity index (χ2n) is 9.46. The summed E-state index contributed by atoms with van der Waals surface area (Å²) in [5, 5.41) is 4.36. The Morgan fingerprint density at radius 1 is 1.03 bits per heavy atom. The van der Waals surface area contributed by atoms with Crippen molar-refractivity contribution in [3.8, 4) is 0 Å². The van der Waals surface area contributed by atoms with Gasteiger partial charge in [0.2, 0.25) is 0 Å². The molecular formula is C25H29N5O. The second-order valence-corrected chi connectivity index (χ2v) is 9.46. The van der Waals surface area contributed by atoms with Crippen molar-refractivity contribution in [1.82, 2.24) is 24.4 Å². The number of fused-ring (bicyclic) bond motifs is 5. The Kier molecular flexibility index (Phi) is 4.75. The molecule has 0 radical (unpaired) electrons. The molecule has 160 valence electrons. The first-order chi connectivity index (χ1) is 15.3. The van der Waals surface area contributed by atoms with Gasteiger partial charge in [-0.3, -0.25) is 9.69 Å². The molecule has 3 aliphatic heterocycles. The summed E-state index contributed by atoms with van der Waals surface area (Å²) in [6, 6.07) is 15.7. The molecule has 3 fully saturated rings. The lowest BCUT2D eigenvalue weighted by Gasteiger charge is -2.57. The van der Waals surface area contributed by atoms with Gasteiger partial charge in [0, 0.05) is 31.4 Å². The van der Waals surface area contributed by atoms with Crippen molar-refractivity contribution in [1.29, 1.82) is 0 Å². The van der Waals surface area contributed by atoms with E-state index in [1.165, 1.54) is 37.8 Å². The van der Waals surface area contributed by atoms with Crippen molar-refractivity contribution in [2.45, 2.75) is 44.2 Å². The fraction of sp³-hybridized carbons (Fsp3) is 0.480. The summed E-state index contributed by atoms with van der Waals surface area (Å²) in [6.45, 7) is 2.89. The molecule has 3 saturated heterocycles. The second kappa shape index (κ2) is 7.75. The average molecular weight is 416 g/mol. The Hall–Kier alpha value is -2.73. The number of aromatic nitrogens is 3. The summed E-state index contributed by atoms with van der Waals surface area (Å²) in [5.41, 5.74) is 2.71. The number of piperidine rings is 3. The zero-order valence-electron chi connectivity index (χ0n) is 17.8. The van der Waals surface area contributed by atoms with Crippen LogP contribution in [-0.2, 0) is 6.42 Å². The maximum absolute atomic E-state index is 13.5. The third kappa shape index (κ3) is 3.33. The average Bonchev–Trinajstić information content (AvgIpc) is 3.26. The molecule has 0 N–H and O–H groups in total. The van der Waals surface area contributed by atoms with Crippen molar-refractivity contribution in [2.24, 2.45) is 11.8 Å². The van der Waals surface area contributed by atoms with Crippen molar-refractivity contribution >= 4 is 11.6 Å². The molecule has 0 spiro atoms. The number of rotatable bonds is 3. The standard InChI is InChI=1S/C25H29N5O/c31-25(23-15-26-24-10-6-11-27-30(23)24)28-16-19-14-20(17-28)22(13-18-7-2-1-3-8-18)29-12-5-4-9-21(19)29/h1-3,6-8,10-11,15,19-22H,4-5,9,12-14,16-17H2/t19-,20+,21+,22+/m1/s1. The van der Waals surface area contributed by atoms with E-state index in [-0.39, 0.29) is 5.91 Å². The highest BCUT2D eigenvalue weighted by atomic mass is 16.2. The minimum Gasteiger partial charge on any atom is -0.337 e. The molecule has 1 amide bonds. The van der Waals surface area contributed by atoms with Crippen molar-refractivity contribution in [2.75, 3.05) is 19.6 Å². The SMILES string of the molecule is O=C(c1cnc2cccnn12)N1C[C@H]2C[C@@H](C1)[C@H](Cc1ccccc1)N1CCCC[C@@H]21. The van der Waals surface area contributed by atoms with Gasteiger partial charge in [0.05, 0.1) is 6.20 Å². The topological polar surface area (TPSA) is 53.7 Å². The molecule has 0 unspecified atom stereocenters. The molecule has 2 bridgehead atoms. The quantitative estimate of drug-likeness (QED) is 0.659. The molecular weight excluding hydrogens is 386 g/mol. The summed E-state index contributed by atoms with van der Waals surface area (Å²) in [7, 11) is 0. The fourth-order valence-electron chi connectivity index (χ4n) is 6.35. The summed E-state index contributed by atoms with van der Waals surface area (Å²) in [5.74, 6) is 1.16. The highest BCUT2D eigenvalue weighted by Crippen LogP contribution is 2.42. The summed E-state index contributed by atoms with van der Waals surface area (Å²) < 4.78 is 1.68. The van der Waals surface area contributed by atoms with Crippen LogP contribution >= 0.6 is 0 Å². The number of carbonyl (C=O) groups is 1. The molecule has 0 saturated carbocycles. The number of hydrogen-bond donors (Lipinski definition) is 0. The van der Waals surface area contributed by atoms with Crippen LogP contribution in [0.2, 0.25) is 0 Å². The van der Waals surface area contributed by atoms with E-state index in [1.54, 1.807) is 16.9 Å². The van der Waals surface area contributed by atoms with Gasteiger partial charge in [0.15, 0.2) is 11.3 Å². The number of carbonyl (C=O) groups excluding carboxylic acids is 1. The predicted molar refractivity (Wildman–Crippen MR) is 119 cm³/mol. The van der Waals surface area contributed by atoms with E-state index in [1.807, 2.05) is 12.1 Å². The summed E-state index contributed by atoms with van der Waals surface area (Å²) >= 11 is 0. The maximum atomic E-state index is 13.5. The van der Waals surface area contributed by atoms with Crippen LogP contribution in [-0.4, -0.2) is 62.0 Å². The molecule has 0 aliphatic carbocycles. The number of benzene rings is 1. The maximum Gasteiger partial charge on any atom is 0.274 e. The Labute approximate surface area is 182 Å². The molecule has 3 aliphatic rings. The van der Waals surface area contributed by atoms with Crippen LogP contribution in [0.15, 0.2) is 54.9 Å². The molecule has 31 heavy (non-hydrogen) atoms. The Morgan fingerprint density at radius 3 is 2.81 bits per heavy atom. The highest BCUT2D eigenvalue weighted by molar-refractivity contribution is 5.93. The molecule has 6 heteroatoms. The van der Waals surface area contributed by atoms with Gasteiger partial charge in [-0.2, -0.15) is 5.10 Å². The first-order valence-electron chi connectivity index (χ1n) is 11.7. The molecule has 1 aromatic carbocycles. The number of nitrogens with zero attached hydrogens (tertiary/aromatic N) is 5. The lowest BCUT2D eigenvalue weighted by atomic mass is 9.71.